The first-order valence-corrected chi connectivity index (χ1v) is 3.74. The molecule has 1 N–H and O–H groups in total. The smallest absolute Gasteiger partial charge is 0.336 e. The lowest BCUT2D eigenvalue weighted by Crippen LogP contribution is -2.34. The van der Waals surface area contributed by atoms with Crippen LogP contribution in [-0.4, -0.2) is 38.9 Å². The summed E-state index contributed by atoms with van der Waals surface area (Å²) in [5.74, 6) is -0.292. The molecule has 1 rings (SSSR count). The van der Waals surface area contributed by atoms with Crippen LogP contribution in [-0.2, 0) is 14.3 Å². The molecule has 0 radical (unpaired) electrons. The van der Waals surface area contributed by atoms with E-state index in [2.05, 4.69) is 10.1 Å². The molecule has 0 bridgehead atoms. The largest absolute Gasteiger partial charge is 0.467 e. The van der Waals surface area contributed by atoms with Gasteiger partial charge in [-0.05, 0) is 13.0 Å². The van der Waals surface area contributed by atoms with Crippen molar-refractivity contribution in [3.05, 3.63) is 0 Å². The van der Waals surface area contributed by atoms with Crippen LogP contribution < -0.4 is 5.32 Å². The molecular formula is C7H14ClNO3. The minimum atomic E-state index is -0.414. The summed E-state index contributed by atoms with van der Waals surface area (Å²) >= 11 is 0. The summed E-state index contributed by atoms with van der Waals surface area (Å²) in [6.07, 6.45) is 0.538. The first-order valence-electron chi connectivity index (χ1n) is 3.74. The molecule has 0 aliphatic carbocycles. The SMILES string of the molecule is COC(=O)C1CNCCCO1.Cl. The Balaban J connectivity index is 0.00000121. The van der Waals surface area contributed by atoms with Crippen LogP contribution in [0.4, 0.5) is 0 Å². The van der Waals surface area contributed by atoms with Gasteiger partial charge in [-0.3, -0.25) is 0 Å². The van der Waals surface area contributed by atoms with E-state index in [1.165, 1.54) is 7.11 Å². The van der Waals surface area contributed by atoms with E-state index in [-0.39, 0.29) is 18.4 Å². The topological polar surface area (TPSA) is 47.6 Å². The van der Waals surface area contributed by atoms with Gasteiger partial charge in [-0.15, -0.1) is 12.4 Å². The molecule has 5 heteroatoms. The van der Waals surface area contributed by atoms with Crippen molar-refractivity contribution in [2.24, 2.45) is 0 Å². The fraction of sp³-hybridized carbons (Fsp3) is 0.857. The molecule has 0 saturated carbocycles. The second-order valence-corrected chi connectivity index (χ2v) is 2.44. The van der Waals surface area contributed by atoms with Gasteiger partial charge in [0.15, 0.2) is 6.10 Å². The third-order valence-corrected chi connectivity index (χ3v) is 1.61. The van der Waals surface area contributed by atoms with Crippen molar-refractivity contribution in [3.63, 3.8) is 0 Å². The molecule has 1 fully saturated rings. The quantitative estimate of drug-likeness (QED) is 0.597. The minimum Gasteiger partial charge on any atom is -0.467 e. The molecule has 0 aromatic rings. The maximum Gasteiger partial charge on any atom is 0.336 e. The maximum absolute atomic E-state index is 10.9. The van der Waals surface area contributed by atoms with Crippen LogP contribution in [0.1, 0.15) is 6.42 Å². The van der Waals surface area contributed by atoms with Gasteiger partial charge in [-0.1, -0.05) is 0 Å². The highest BCUT2D eigenvalue weighted by molar-refractivity contribution is 5.85. The number of carbonyl (C=O) groups is 1. The summed E-state index contributed by atoms with van der Waals surface area (Å²) in [6.45, 7) is 2.10. The molecule has 1 aliphatic heterocycles. The molecule has 1 aliphatic rings. The van der Waals surface area contributed by atoms with Crippen molar-refractivity contribution in [2.75, 3.05) is 26.8 Å². The fourth-order valence-electron chi connectivity index (χ4n) is 0.998. The zero-order chi connectivity index (χ0) is 8.10. The lowest BCUT2D eigenvalue weighted by molar-refractivity contribution is -0.153. The average Bonchev–Trinajstić information content (AvgIpc) is 2.30. The highest BCUT2D eigenvalue weighted by Crippen LogP contribution is 1.98. The van der Waals surface area contributed by atoms with Crippen molar-refractivity contribution in [3.8, 4) is 0 Å². The molecule has 0 spiro atoms. The molecule has 1 saturated heterocycles. The van der Waals surface area contributed by atoms with Gasteiger partial charge >= 0.3 is 5.97 Å². The van der Waals surface area contributed by atoms with Gasteiger partial charge in [-0.25, -0.2) is 4.79 Å². The van der Waals surface area contributed by atoms with Gasteiger partial charge in [0, 0.05) is 13.2 Å². The van der Waals surface area contributed by atoms with Gasteiger partial charge < -0.3 is 14.8 Å². The zero-order valence-corrected chi connectivity index (χ0v) is 7.86. The van der Waals surface area contributed by atoms with Crippen molar-refractivity contribution < 1.29 is 14.3 Å². The van der Waals surface area contributed by atoms with Gasteiger partial charge in [-0.2, -0.15) is 0 Å². The Labute approximate surface area is 78.0 Å². The van der Waals surface area contributed by atoms with Gasteiger partial charge in [0.1, 0.15) is 0 Å². The van der Waals surface area contributed by atoms with Gasteiger partial charge in [0.2, 0.25) is 0 Å². The van der Waals surface area contributed by atoms with E-state index >= 15 is 0 Å². The average molecular weight is 196 g/mol. The monoisotopic (exact) mass is 195 g/mol. The molecule has 0 aromatic carbocycles. The number of nitrogens with one attached hydrogen (secondary N) is 1. The van der Waals surface area contributed by atoms with Crippen LogP contribution in [0.5, 0.6) is 0 Å². The van der Waals surface area contributed by atoms with E-state index in [1.807, 2.05) is 0 Å². The molecular weight excluding hydrogens is 182 g/mol. The third-order valence-electron chi connectivity index (χ3n) is 1.61. The molecule has 72 valence electrons. The molecule has 4 nitrogen and oxygen atoms in total. The summed E-state index contributed by atoms with van der Waals surface area (Å²) in [6, 6.07) is 0. The van der Waals surface area contributed by atoms with Crippen molar-refractivity contribution in [1.29, 1.82) is 0 Å². The molecule has 0 amide bonds. The fourth-order valence-corrected chi connectivity index (χ4v) is 0.998. The predicted octanol–water partition coefficient (Wildman–Crippen LogP) is -0.0403. The van der Waals surface area contributed by atoms with E-state index in [0.717, 1.165) is 13.0 Å². The second-order valence-electron chi connectivity index (χ2n) is 2.44. The van der Waals surface area contributed by atoms with Crippen molar-refractivity contribution >= 4 is 18.4 Å². The summed E-state index contributed by atoms with van der Waals surface area (Å²) in [5.41, 5.74) is 0. The standard InChI is InChI=1S/C7H13NO3.ClH/c1-10-7(9)6-5-8-3-2-4-11-6;/h6,8H,2-5H2,1H3;1H. The highest BCUT2D eigenvalue weighted by atomic mass is 35.5. The first-order chi connectivity index (χ1) is 5.34. The van der Waals surface area contributed by atoms with Crippen LogP contribution >= 0.6 is 12.4 Å². The second kappa shape index (κ2) is 6.22. The van der Waals surface area contributed by atoms with E-state index < -0.39 is 6.10 Å². The predicted molar refractivity (Wildman–Crippen MR) is 46.5 cm³/mol. The van der Waals surface area contributed by atoms with Crippen LogP contribution in [0.25, 0.3) is 0 Å². The number of hydrogen-bond acceptors (Lipinski definition) is 4. The Kier molecular flexibility index (Phi) is 6.06. The van der Waals surface area contributed by atoms with E-state index in [4.69, 9.17) is 4.74 Å². The Morgan fingerprint density at radius 3 is 3.08 bits per heavy atom. The summed E-state index contributed by atoms with van der Waals surface area (Å²) in [5, 5.41) is 3.09. The molecule has 12 heavy (non-hydrogen) atoms. The van der Waals surface area contributed by atoms with E-state index in [0.29, 0.717) is 13.2 Å². The summed E-state index contributed by atoms with van der Waals surface area (Å²) in [7, 11) is 1.37. The Hall–Kier alpha value is -0.320. The third kappa shape index (κ3) is 3.38. The van der Waals surface area contributed by atoms with Crippen LogP contribution in [0.15, 0.2) is 0 Å². The lowest BCUT2D eigenvalue weighted by atomic mass is 10.3. The minimum absolute atomic E-state index is 0. The Morgan fingerprint density at radius 1 is 1.67 bits per heavy atom. The van der Waals surface area contributed by atoms with Crippen molar-refractivity contribution in [2.45, 2.75) is 12.5 Å². The Morgan fingerprint density at radius 2 is 2.42 bits per heavy atom. The van der Waals surface area contributed by atoms with Crippen LogP contribution in [0.2, 0.25) is 0 Å². The van der Waals surface area contributed by atoms with Gasteiger partial charge in [0.05, 0.1) is 7.11 Å². The number of halogens is 1. The van der Waals surface area contributed by atoms with Crippen LogP contribution in [0.3, 0.4) is 0 Å². The molecule has 1 heterocycles. The van der Waals surface area contributed by atoms with E-state index in [9.17, 15) is 4.79 Å². The number of esters is 1. The molecule has 1 atom stereocenters. The number of methoxy groups -OCH3 is 1. The molecule has 0 aromatic heterocycles. The van der Waals surface area contributed by atoms with Crippen molar-refractivity contribution in [1.82, 2.24) is 5.32 Å². The summed E-state index contributed by atoms with van der Waals surface area (Å²) < 4.78 is 9.76. The lowest BCUT2D eigenvalue weighted by Gasteiger charge is -2.11. The summed E-state index contributed by atoms with van der Waals surface area (Å²) in [4.78, 5) is 10.9. The van der Waals surface area contributed by atoms with Crippen LogP contribution in [0, 0.1) is 0 Å². The maximum atomic E-state index is 10.9. The number of ether oxygens (including phenoxy) is 2. The Bertz CT molecular complexity index is 135. The number of carbonyl (C=O) groups excluding carboxylic acids is 1. The first kappa shape index (κ1) is 11.7. The normalized spacial score (nSPS) is 23.6. The molecule has 1 unspecified atom stereocenters. The number of rotatable bonds is 1. The van der Waals surface area contributed by atoms with Gasteiger partial charge in [0.25, 0.3) is 0 Å². The highest BCUT2D eigenvalue weighted by Gasteiger charge is 2.20. The van der Waals surface area contributed by atoms with E-state index in [1.54, 1.807) is 0 Å². The number of hydrogen-bond donors (Lipinski definition) is 1. The zero-order valence-electron chi connectivity index (χ0n) is 7.04.